The Labute approximate surface area is 118 Å². The van der Waals surface area contributed by atoms with Gasteiger partial charge in [-0.25, -0.2) is 0 Å². The van der Waals surface area contributed by atoms with Crippen molar-refractivity contribution in [2.45, 2.75) is 82.6 Å². The van der Waals surface area contributed by atoms with Gasteiger partial charge in [0, 0.05) is 30.2 Å². The molecule has 4 atom stereocenters. The first-order valence-corrected chi connectivity index (χ1v) is 8.40. The Bertz CT molecular complexity index is 292. The Morgan fingerprint density at radius 3 is 2.21 bits per heavy atom. The van der Waals surface area contributed by atoms with Crippen molar-refractivity contribution in [2.24, 2.45) is 0 Å². The van der Waals surface area contributed by atoms with Crippen molar-refractivity contribution in [2.75, 3.05) is 20.1 Å². The predicted molar refractivity (Wildman–Crippen MR) is 80.5 cm³/mol. The van der Waals surface area contributed by atoms with Gasteiger partial charge in [0.2, 0.25) is 0 Å². The molecule has 3 saturated heterocycles. The summed E-state index contributed by atoms with van der Waals surface area (Å²) in [5.74, 6) is 0. The molecule has 3 heterocycles. The zero-order valence-corrected chi connectivity index (χ0v) is 12.9. The Hall–Kier alpha value is -0.120. The molecule has 0 saturated carbocycles. The summed E-state index contributed by atoms with van der Waals surface area (Å²) in [6, 6.07) is 4.19. The van der Waals surface area contributed by atoms with Crippen LogP contribution in [-0.2, 0) is 0 Å². The molecule has 110 valence electrons. The van der Waals surface area contributed by atoms with Gasteiger partial charge in [0.25, 0.3) is 0 Å². The molecule has 19 heavy (non-hydrogen) atoms. The Balaban J connectivity index is 1.63. The smallest absolute Gasteiger partial charge is 0.0128 e. The normalized spacial score (nSPS) is 44.7. The molecule has 4 unspecified atom stereocenters. The highest BCUT2D eigenvalue weighted by Crippen LogP contribution is 2.39. The second-order valence-corrected chi connectivity index (χ2v) is 7.07. The Morgan fingerprint density at radius 1 is 1.00 bits per heavy atom. The standard InChI is InChI=1S/C16H31N3/c1-4-17-13-10-14-5-6-15(11-13)19(14)16-7-8-18(3)12(2)9-16/h12-17H,4-11H2,1-3H3. The van der Waals surface area contributed by atoms with E-state index in [0.29, 0.717) is 0 Å². The number of nitrogens with zero attached hydrogens (tertiary/aromatic N) is 2. The highest BCUT2D eigenvalue weighted by atomic mass is 15.3. The van der Waals surface area contributed by atoms with E-state index >= 15 is 0 Å². The third kappa shape index (κ3) is 2.70. The number of hydrogen-bond donors (Lipinski definition) is 1. The van der Waals surface area contributed by atoms with Crippen LogP contribution in [0, 0.1) is 0 Å². The first-order valence-electron chi connectivity index (χ1n) is 8.40. The van der Waals surface area contributed by atoms with Crippen molar-refractivity contribution in [3.63, 3.8) is 0 Å². The SMILES string of the molecule is CCNC1CC2CCC(C1)N2C1CCN(C)C(C)C1. The zero-order valence-electron chi connectivity index (χ0n) is 12.9. The number of piperidine rings is 2. The molecule has 0 spiro atoms. The summed E-state index contributed by atoms with van der Waals surface area (Å²) in [6.45, 7) is 7.07. The van der Waals surface area contributed by atoms with Crippen LogP contribution >= 0.6 is 0 Å². The molecule has 0 aromatic heterocycles. The van der Waals surface area contributed by atoms with Crippen LogP contribution in [0.5, 0.6) is 0 Å². The molecule has 3 rings (SSSR count). The lowest BCUT2D eigenvalue weighted by Crippen LogP contribution is -2.56. The van der Waals surface area contributed by atoms with Crippen LogP contribution in [0.3, 0.4) is 0 Å². The fraction of sp³-hybridized carbons (Fsp3) is 1.00. The molecular weight excluding hydrogens is 234 g/mol. The number of likely N-dealkylation sites (tertiary alicyclic amines) is 1. The van der Waals surface area contributed by atoms with Gasteiger partial charge in [-0.2, -0.15) is 0 Å². The molecular formula is C16H31N3. The van der Waals surface area contributed by atoms with Crippen molar-refractivity contribution in [3.8, 4) is 0 Å². The van der Waals surface area contributed by atoms with Gasteiger partial charge in [-0.1, -0.05) is 6.92 Å². The highest BCUT2D eigenvalue weighted by molar-refractivity contribution is 5.01. The minimum absolute atomic E-state index is 0.768. The Morgan fingerprint density at radius 2 is 1.63 bits per heavy atom. The maximum Gasteiger partial charge on any atom is 0.0128 e. The Kier molecular flexibility index (Phi) is 4.16. The number of hydrogen-bond acceptors (Lipinski definition) is 3. The first kappa shape index (κ1) is 13.8. The minimum Gasteiger partial charge on any atom is -0.314 e. The van der Waals surface area contributed by atoms with E-state index in [1.807, 2.05) is 0 Å². The number of nitrogens with one attached hydrogen (secondary N) is 1. The third-order valence-corrected chi connectivity index (χ3v) is 5.88. The molecule has 3 nitrogen and oxygen atoms in total. The summed E-state index contributed by atoms with van der Waals surface area (Å²) in [5.41, 5.74) is 0. The monoisotopic (exact) mass is 265 g/mol. The summed E-state index contributed by atoms with van der Waals surface area (Å²) < 4.78 is 0. The van der Waals surface area contributed by atoms with Crippen molar-refractivity contribution < 1.29 is 0 Å². The lowest BCUT2D eigenvalue weighted by molar-refractivity contribution is 0.0231. The molecule has 3 aliphatic heterocycles. The van der Waals surface area contributed by atoms with Crippen molar-refractivity contribution in [1.82, 2.24) is 15.1 Å². The number of fused-ring (bicyclic) bond motifs is 2. The third-order valence-electron chi connectivity index (χ3n) is 5.88. The van der Waals surface area contributed by atoms with Crippen LogP contribution in [0.1, 0.15) is 52.4 Å². The average Bonchev–Trinajstić information content (AvgIpc) is 2.65. The van der Waals surface area contributed by atoms with Gasteiger partial charge in [0.05, 0.1) is 0 Å². The van der Waals surface area contributed by atoms with Crippen LogP contribution in [-0.4, -0.2) is 60.1 Å². The van der Waals surface area contributed by atoms with E-state index in [-0.39, 0.29) is 0 Å². The summed E-state index contributed by atoms with van der Waals surface area (Å²) in [7, 11) is 2.28. The van der Waals surface area contributed by atoms with E-state index in [2.05, 4.69) is 36.0 Å². The van der Waals surface area contributed by atoms with Crippen LogP contribution in [0.25, 0.3) is 0 Å². The molecule has 0 aromatic rings. The fourth-order valence-electron chi connectivity index (χ4n) is 4.80. The van der Waals surface area contributed by atoms with Crippen molar-refractivity contribution >= 4 is 0 Å². The van der Waals surface area contributed by atoms with Gasteiger partial charge in [-0.15, -0.1) is 0 Å². The van der Waals surface area contributed by atoms with Gasteiger partial charge in [-0.05, 0) is 65.6 Å². The largest absolute Gasteiger partial charge is 0.314 e. The lowest BCUT2D eigenvalue weighted by Gasteiger charge is -2.47. The first-order chi connectivity index (χ1) is 9.19. The minimum atomic E-state index is 0.768. The summed E-state index contributed by atoms with van der Waals surface area (Å²) in [5, 5.41) is 3.69. The second kappa shape index (κ2) is 5.71. The van der Waals surface area contributed by atoms with Crippen LogP contribution in [0.4, 0.5) is 0 Å². The van der Waals surface area contributed by atoms with Crippen molar-refractivity contribution in [1.29, 1.82) is 0 Å². The predicted octanol–water partition coefficient (Wildman–Crippen LogP) is 2.07. The maximum absolute atomic E-state index is 3.69. The maximum atomic E-state index is 3.69. The molecule has 3 aliphatic rings. The van der Waals surface area contributed by atoms with Crippen molar-refractivity contribution in [3.05, 3.63) is 0 Å². The van der Waals surface area contributed by atoms with E-state index in [1.165, 1.54) is 45.1 Å². The average molecular weight is 265 g/mol. The van der Waals surface area contributed by atoms with Gasteiger partial charge >= 0.3 is 0 Å². The molecule has 0 aromatic carbocycles. The topological polar surface area (TPSA) is 18.5 Å². The second-order valence-electron chi connectivity index (χ2n) is 7.07. The number of rotatable bonds is 3. The van der Waals surface area contributed by atoms with E-state index in [9.17, 15) is 0 Å². The van der Waals surface area contributed by atoms with E-state index < -0.39 is 0 Å². The van der Waals surface area contributed by atoms with E-state index in [1.54, 1.807) is 0 Å². The molecule has 2 bridgehead atoms. The molecule has 0 amide bonds. The fourth-order valence-corrected chi connectivity index (χ4v) is 4.80. The van der Waals surface area contributed by atoms with Gasteiger partial charge in [0.15, 0.2) is 0 Å². The quantitative estimate of drug-likeness (QED) is 0.843. The molecule has 3 fully saturated rings. The van der Waals surface area contributed by atoms with E-state index in [4.69, 9.17) is 0 Å². The highest BCUT2D eigenvalue weighted by Gasteiger charge is 2.44. The van der Waals surface area contributed by atoms with Crippen LogP contribution in [0.2, 0.25) is 0 Å². The molecule has 0 aliphatic carbocycles. The van der Waals surface area contributed by atoms with Gasteiger partial charge in [-0.3, -0.25) is 4.90 Å². The summed E-state index contributed by atoms with van der Waals surface area (Å²) in [6.07, 6.45) is 8.46. The van der Waals surface area contributed by atoms with Crippen LogP contribution in [0.15, 0.2) is 0 Å². The summed E-state index contributed by atoms with van der Waals surface area (Å²) in [4.78, 5) is 5.47. The van der Waals surface area contributed by atoms with Gasteiger partial charge in [0.1, 0.15) is 0 Å². The molecule has 3 heteroatoms. The lowest BCUT2D eigenvalue weighted by atomic mass is 9.90. The van der Waals surface area contributed by atoms with Crippen LogP contribution < -0.4 is 5.32 Å². The van der Waals surface area contributed by atoms with Gasteiger partial charge < -0.3 is 10.2 Å². The zero-order chi connectivity index (χ0) is 13.4. The molecule has 0 radical (unpaired) electrons. The summed E-state index contributed by atoms with van der Waals surface area (Å²) >= 11 is 0. The molecule has 1 N–H and O–H groups in total. The van der Waals surface area contributed by atoms with E-state index in [0.717, 1.165) is 36.8 Å².